The van der Waals surface area contributed by atoms with E-state index >= 15 is 0 Å². The first-order valence-electron chi connectivity index (χ1n) is 5.79. The van der Waals surface area contributed by atoms with Gasteiger partial charge in [0, 0.05) is 12.2 Å². The van der Waals surface area contributed by atoms with Crippen molar-refractivity contribution < 1.29 is 4.79 Å². The summed E-state index contributed by atoms with van der Waals surface area (Å²) in [4.78, 5) is 13.5. The highest BCUT2D eigenvalue weighted by Crippen LogP contribution is 2.23. The summed E-state index contributed by atoms with van der Waals surface area (Å²) < 4.78 is 0. The van der Waals surface area contributed by atoms with Crippen LogP contribution in [-0.2, 0) is 17.6 Å². The van der Waals surface area contributed by atoms with Gasteiger partial charge >= 0.3 is 0 Å². The Morgan fingerprint density at radius 3 is 3.00 bits per heavy atom. The zero-order valence-corrected chi connectivity index (χ0v) is 9.92. The molecular weight excluding hydrogens is 200 g/mol. The van der Waals surface area contributed by atoms with Gasteiger partial charge in [0.15, 0.2) is 0 Å². The maximum Gasteiger partial charge on any atom is 0.228 e. The van der Waals surface area contributed by atoms with E-state index in [1.165, 1.54) is 5.56 Å². The lowest BCUT2D eigenvalue weighted by Gasteiger charge is -2.13. The predicted molar refractivity (Wildman–Crippen MR) is 65.7 cm³/mol. The molecule has 0 aliphatic carbocycles. The van der Waals surface area contributed by atoms with Crippen LogP contribution in [0.4, 0.5) is 5.69 Å². The van der Waals surface area contributed by atoms with Crippen molar-refractivity contribution in [2.75, 3.05) is 25.5 Å². The highest BCUT2D eigenvalue weighted by Gasteiger charge is 2.17. The molecule has 0 fully saturated rings. The lowest BCUT2D eigenvalue weighted by molar-refractivity contribution is -0.115. The Hall–Kier alpha value is -1.35. The van der Waals surface area contributed by atoms with Crippen molar-refractivity contribution in [2.45, 2.75) is 19.8 Å². The minimum Gasteiger partial charge on any atom is -0.326 e. The molecule has 1 aliphatic heterocycles. The summed E-state index contributed by atoms with van der Waals surface area (Å²) in [6.07, 6.45) is 1.58. The predicted octanol–water partition coefficient (Wildman–Crippen LogP) is 1.68. The highest BCUT2D eigenvalue weighted by atomic mass is 16.1. The maximum atomic E-state index is 11.2. The van der Waals surface area contributed by atoms with Gasteiger partial charge in [-0.25, -0.2) is 0 Å². The second-order valence-corrected chi connectivity index (χ2v) is 4.36. The van der Waals surface area contributed by atoms with Gasteiger partial charge in [-0.1, -0.05) is 19.1 Å². The van der Waals surface area contributed by atoms with E-state index in [2.05, 4.69) is 36.3 Å². The number of anilines is 1. The number of likely N-dealkylation sites (N-methyl/N-ethyl adjacent to an activating group) is 1. The molecule has 1 aliphatic rings. The largest absolute Gasteiger partial charge is 0.326 e. The number of fused-ring (bicyclic) bond motifs is 1. The van der Waals surface area contributed by atoms with E-state index in [-0.39, 0.29) is 5.91 Å². The number of amides is 1. The molecule has 1 aromatic rings. The minimum atomic E-state index is 0.109. The lowest BCUT2D eigenvalue weighted by Crippen LogP contribution is -2.20. The molecule has 0 saturated carbocycles. The van der Waals surface area contributed by atoms with Gasteiger partial charge in [-0.15, -0.1) is 0 Å². The smallest absolute Gasteiger partial charge is 0.228 e. The van der Waals surface area contributed by atoms with E-state index in [0.717, 1.165) is 30.8 Å². The van der Waals surface area contributed by atoms with Crippen LogP contribution in [0.5, 0.6) is 0 Å². The normalized spacial score (nSPS) is 14.1. The molecule has 16 heavy (non-hydrogen) atoms. The lowest BCUT2D eigenvalue weighted by atomic mass is 10.1. The Morgan fingerprint density at radius 2 is 2.25 bits per heavy atom. The van der Waals surface area contributed by atoms with Gasteiger partial charge in [0.05, 0.1) is 6.42 Å². The second kappa shape index (κ2) is 4.66. The van der Waals surface area contributed by atoms with Crippen LogP contribution in [0.15, 0.2) is 18.2 Å². The molecule has 3 heteroatoms. The third-order valence-corrected chi connectivity index (χ3v) is 3.12. The zero-order valence-electron chi connectivity index (χ0n) is 9.92. The Kier molecular flexibility index (Phi) is 3.25. The molecular formula is C13H18N2O. The summed E-state index contributed by atoms with van der Waals surface area (Å²) in [7, 11) is 2.12. The average Bonchev–Trinajstić information content (AvgIpc) is 2.65. The Morgan fingerprint density at radius 1 is 1.44 bits per heavy atom. The number of carbonyl (C=O) groups is 1. The van der Waals surface area contributed by atoms with E-state index in [0.29, 0.717) is 6.42 Å². The van der Waals surface area contributed by atoms with Crippen LogP contribution in [0, 0.1) is 0 Å². The summed E-state index contributed by atoms with van der Waals surface area (Å²) in [6.45, 7) is 4.30. The Bertz CT molecular complexity index is 401. The van der Waals surface area contributed by atoms with Crippen LogP contribution < -0.4 is 5.32 Å². The molecule has 1 aromatic carbocycles. The molecule has 1 heterocycles. The van der Waals surface area contributed by atoms with Crippen LogP contribution in [0.25, 0.3) is 0 Å². The van der Waals surface area contributed by atoms with E-state index < -0.39 is 0 Å². The molecule has 0 radical (unpaired) electrons. The van der Waals surface area contributed by atoms with Crippen LogP contribution in [0.2, 0.25) is 0 Å². The third kappa shape index (κ3) is 2.42. The van der Waals surface area contributed by atoms with Crippen molar-refractivity contribution in [3.8, 4) is 0 Å². The number of nitrogens with zero attached hydrogens (tertiary/aromatic N) is 1. The van der Waals surface area contributed by atoms with Crippen LogP contribution in [0.1, 0.15) is 18.1 Å². The molecule has 0 bridgehead atoms. The van der Waals surface area contributed by atoms with Crippen molar-refractivity contribution >= 4 is 11.6 Å². The number of nitrogens with one attached hydrogen (secondary N) is 1. The number of rotatable bonds is 4. The monoisotopic (exact) mass is 218 g/mol. The van der Waals surface area contributed by atoms with Gasteiger partial charge in [-0.2, -0.15) is 0 Å². The summed E-state index contributed by atoms with van der Waals surface area (Å²) in [5, 5.41) is 2.85. The SMILES string of the molecule is CCN(C)CCc1ccc2c(c1)CC(=O)N2. The number of carbonyl (C=O) groups excluding carboxylic acids is 1. The van der Waals surface area contributed by atoms with E-state index in [1.807, 2.05) is 6.07 Å². The quantitative estimate of drug-likeness (QED) is 0.834. The molecule has 0 saturated heterocycles. The highest BCUT2D eigenvalue weighted by molar-refractivity contribution is 5.99. The first-order valence-corrected chi connectivity index (χ1v) is 5.79. The van der Waals surface area contributed by atoms with Gasteiger partial charge in [-0.05, 0) is 37.2 Å². The van der Waals surface area contributed by atoms with E-state index in [1.54, 1.807) is 0 Å². The number of benzene rings is 1. The topological polar surface area (TPSA) is 32.3 Å². The Balaban J connectivity index is 2.02. The van der Waals surface area contributed by atoms with Crippen molar-refractivity contribution in [2.24, 2.45) is 0 Å². The summed E-state index contributed by atoms with van der Waals surface area (Å²) in [5.74, 6) is 0.109. The first-order chi connectivity index (χ1) is 7.69. The van der Waals surface area contributed by atoms with E-state index in [4.69, 9.17) is 0 Å². The minimum absolute atomic E-state index is 0.109. The zero-order chi connectivity index (χ0) is 11.5. The first kappa shape index (κ1) is 11.1. The van der Waals surface area contributed by atoms with Gasteiger partial charge in [0.2, 0.25) is 5.91 Å². The van der Waals surface area contributed by atoms with Crippen molar-refractivity contribution in [1.29, 1.82) is 0 Å². The van der Waals surface area contributed by atoms with Gasteiger partial charge in [0.25, 0.3) is 0 Å². The molecule has 3 nitrogen and oxygen atoms in total. The van der Waals surface area contributed by atoms with Gasteiger partial charge in [-0.3, -0.25) is 4.79 Å². The van der Waals surface area contributed by atoms with Crippen molar-refractivity contribution in [1.82, 2.24) is 4.90 Å². The van der Waals surface area contributed by atoms with Crippen LogP contribution in [-0.4, -0.2) is 30.9 Å². The fourth-order valence-corrected chi connectivity index (χ4v) is 1.92. The van der Waals surface area contributed by atoms with Crippen molar-refractivity contribution in [3.63, 3.8) is 0 Å². The molecule has 2 rings (SSSR count). The number of hydrogen-bond donors (Lipinski definition) is 1. The van der Waals surface area contributed by atoms with Gasteiger partial charge in [0.1, 0.15) is 0 Å². The second-order valence-electron chi connectivity index (χ2n) is 4.36. The van der Waals surface area contributed by atoms with Gasteiger partial charge < -0.3 is 10.2 Å². The molecule has 1 N–H and O–H groups in total. The third-order valence-electron chi connectivity index (χ3n) is 3.12. The van der Waals surface area contributed by atoms with Crippen LogP contribution >= 0.6 is 0 Å². The van der Waals surface area contributed by atoms with Crippen LogP contribution in [0.3, 0.4) is 0 Å². The molecule has 86 valence electrons. The molecule has 1 amide bonds. The summed E-state index contributed by atoms with van der Waals surface area (Å²) in [5.41, 5.74) is 3.44. The fourth-order valence-electron chi connectivity index (χ4n) is 1.92. The summed E-state index contributed by atoms with van der Waals surface area (Å²) >= 11 is 0. The van der Waals surface area contributed by atoms with E-state index in [9.17, 15) is 4.79 Å². The number of hydrogen-bond acceptors (Lipinski definition) is 2. The fraction of sp³-hybridized carbons (Fsp3) is 0.462. The standard InChI is InChI=1S/C13H18N2O/c1-3-15(2)7-6-10-4-5-12-11(8-10)9-13(16)14-12/h4-5,8H,3,6-7,9H2,1-2H3,(H,14,16). The molecule has 0 spiro atoms. The van der Waals surface area contributed by atoms with Crippen molar-refractivity contribution in [3.05, 3.63) is 29.3 Å². The average molecular weight is 218 g/mol. The maximum absolute atomic E-state index is 11.2. The summed E-state index contributed by atoms with van der Waals surface area (Å²) in [6, 6.07) is 6.27. The Labute approximate surface area is 96.5 Å². The molecule has 0 unspecified atom stereocenters. The molecule has 0 aromatic heterocycles. The molecule has 0 atom stereocenters.